The van der Waals surface area contributed by atoms with Crippen LogP contribution < -0.4 is 0 Å². The fraction of sp³-hybridized carbons (Fsp3) is 0.878. The SMILES string of the molecule is CCCCCCCC/C=C/CCCCCCCCCCCC(=O)O[C@H](COC(=O)CCCC/C=C/CCCCCCCCCCC)CO[C@H]1O[C@H](CS(=O)(=O)O)[C@@H](O)C(O)C1O. The number of rotatable bonds is 42. The largest absolute Gasteiger partial charge is 0.462 e. The summed E-state index contributed by atoms with van der Waals surface area (Å²) in [6.45, 7) is 3.76. The molecule has 1 aliphatic rings. The number of unbranched alkanes of at least 4 members (excludes halogenated alkanes) is 26. The van der Waals surface area contributed by atoms with Crippen molar-refractivity contribution in [2.75, 3.05) is 19.0 Å². The summed E-state index contributed by atoms with van der Waals surface area (Å²) >= 11 is 0. The van der Waals surface area contributed by atoms with Crippen LogP contribution in [0.5, 0.6) is 0 Å². The van der Waals surface area contributed by atoms with Gasteiger partial charge in [-0.05, 0) is 64.2 Å². The van der Waals surface area contributed by atoms with Gasteiger partial charge in [-0.15, -0.1) is 0 Å². The predicted octanol–water partition coefficient (Wildman–Crippen LogP) is 10.8. The summed E-state index contributed by atoms with van der Waals surface area (Å²) in [5.74, 6) is -2.00. The van der Waals surface area contributed by atoms with Gasteiger partial charge in [-0.25, -0.2) is 0 Å². The highest BCUT2D eigenvalue weighted by Gasteiger charge is 2.46. The first kappa shape index (κ1) is 58.1. The first-order chi connectivity index (χ1) is 30.0. The zero-order valence-corrected chi connectivity index (χ0v) is 39.8. The van der Waals surface area contributed by atoms with Crippen molar-refractivity contribution in [3.63, 3.8) is 0 Å². The molecule has 4 N–H and O–H groups in total. The second-order valence-electron chi connectivity index (χ2n) is 17.5. The van der Waals surface area contributed by atoms with Gasteiger partial charge in [-0.1, -0.05) is 167 Å². The van der Waals surface area contributed by atoms with Gasteiger partial charge in [-0.2, -0.15) is 8.42 Å². The van der Waals surface area contributed by atoms with Crippen molar-refractivity contribution in [3.8, 4) is 0 Å². The third-order valence-electron chi connectivity index (χ3n) is 11.5. The summed E-state index contributed by atoms with van der Waals surface area (Å²) < 4.78 is 54.1. The maximum atomic E-state index is 12.9. The Hall–Kier alpha value is -1.87. The van der Waals surface area contributed by atoms with Gasteiger partial charge in [-0.3, -0.25) is 14.1 Å². The van der Waals surface area contributed by atoms with Crippen LogP contribution in [0.2, 0.25) is 0 Å². The predicted molar refractivity (Wildman–Crippen MR) is 247 cm³/mol. The summed E-state index contributed by atoms with van der Waals surface area (Å²) in [5, 5.41) is 30.9. The molecule has 0 amide bonds. The Morgan fingerprint density at radius 1 is 0.532 bits per heavy atom. The van der Waals surface area contributed by atoms with Crippen molar-refractivity contribution in [1.82, 2.24) is 0 Å². The number of carbonyl (C=O) groups excluding carboxylic acids is 2. The summed E-state index contributed by atoms with van der Waals surface area (Å²) in [6.07, 6.45) is 35.1. The molecular formula is C49H90O12S. The molecule has 6 atom stereocenters. The molecule has 0 aromatic rings. The van der Waals surface area contributed by atoms with E-state index in [-0.39, 0.29) is 19.4 Å². The van der Waals surface area contributed by atoms with Gasteiger partial charge in [0.2, 0.25) is 0 Å². The van der Waals surface area contributed by atoms with Gasteiger partial charge in [0.25, 0.3) is 10.1 Å². The van der Waals surface area contributed by atoms with Crippen LogP contribution in [0.15, 0.2) is 24.3 Å². The molecule has 364 valence electrons. The quantitative estimate of drug-likeness (QED) is 0.0197. The molecule has 62 heavy (non-hydrogen) atoms. The average Bonchev–Trinajstić information content (AvgIpc) is 3.24. The Morgan fingerprint density at radius 3 is 1.37 bits per heavy atom. The lowest BCUT2D eigenvalue weighted by atomic mass is 10.00. The molecule has 0 aromatic heterocycles. The number of aliphatic hydroxyl groups excluding tert-OH is 3. The molecule has 1 fully saturated rings. The standard InChI is InChI=1S/C49H90O12S/c1-3-5-7-9-11-13-15-17-19-20-21-22-24-26-28-30-32-34-36-38-45(51)60-42(40-59-49-48(54)47(53)46(52)43(61-49)41-62(55,56)57)39-58-44(50)37-35-33-31-29-27-25-23-18-16-14-12-10-8-6-4-2/h17,19,27,29,42-43,46-49,52-54H,3-16,18,20-26,28,30-41H2,1-2H3,(H,55,56,57)/b19-17+,29-27+/t42-,43-,46-,47?,48?,49+/m1/s1. The van der Waals surface area contributed by atoms with Gasteiger partial charge in [0.05, 0.1) is 6.61 Å². The molecule has 0 aromatic carbocycles. The number of carbonyl (C=O) groups is 2. The number of hydrogen-bond donors (Lipinski definition) is 4. The Kier molecular flexibility index (Phi) is 37.0. The topological polar surface area (TPSA) is 186 Å². The molecule has 0 saturated carbocycles. The van der Waals surface area contributed by atoms with Gasteiger partial charge in [0.15, 0.2) is 12.4 Å². The van der Waals surface area contributed by atoms with Crippen LogP contribution in [0.4, 0.5) is 0 Å². The summed E-state index contributed by atoms with van der Waals surface area (Å²) in [6, 6.07) is 0. The third kappa shape index (κ3) is 33.6. The van der Waals surface area contributed by atoms with Crippen LogP contribution >= 0.6 is 0 Å². The molecule has 1 rings (SSSR count). The fourth-order valence-electron chi connectivity index (χ4n) is 7.61. The smallest absolute Gasteiger partial charge is 0.306 e. The lowest BCUT2D eigenvalue weighted by Crippen LogP contribution is -2.60. The summed E-state index contributed by atoms with van der Waals surface area (Å²) in [4.78, 5) is 25.5. The van der Waals surface area contributed by atoms with Crippen molar-refractivity contribution >= 4 is 22.1 Å². The zero-order chi connectivity index (χ0) is 45.5. The Balaban J connectivity index is 2.40. The highest BCUT2D eigenvalue weighted by Crippen LogP contribution is 2.24. The van der Waals surface area contributed by atoms with Crippen LogP contribution in [0.25, 0.3) is 0 Å². The normalized spacial score (nSPS) is 20.0. The van der Waals surface area contributed by atoms with E-state index in [0.29, 0.717) is 12.8 Å². The van der Waals surface area contributed by atoms with E-state index < -0.39 is 71.2 Å². The maximum absolute atomic E-state index is 12.9. The van der Waals surface area contributed by atoms with E-state index in [1.165, 1.54) is 141 Å². The molecule has 13 heteroatoms. The number of esters is 2. The van der Waals surface area contributed by atoms with E-state index in [1.807, 2.05) is 0 Å². The van der Waals surface area contributed by atoms with Crippen LogP contribution in [-0.2, 0) is 38.7 Å². The minimum absolute atomic E-state index is 0.160. The molecule has 0 spiro atoms. The Morgan fingerprint density at radius 2 is 0.919 bits per heavy atom. The fourth-order valence-corrected chi connectivity index (χ4v) is 8.30. The number of ether oxygens (including phenoxy) is 4. The highest BCUT2D eigenvalue weighted by molar-refractivity contribution is 7.85. The molecule has 1 aliphatic heterocycles. The van der Waals surface area contributed by atoms with E-state index in [0.717, 1.165) is 38.5 Å². The van der Waals surface area contributed by atoms with Gasteiger partial charge < -0.3 is 34.3 Å². The van der Waals surface area contributed by atoms with Crippen LogP contribution in [0.3, 0.4) is 0 Å². The van der Waals surface area contributed by atoms with Crippen molar-refractivity contribution in [3.05, 3.63) is 24.3 Å². The molecular weight excluding hydrogens is 813 g/mol. The van der Waals surface area contributed by atoms with Crippen LogP contribution in [0, 0.1) is 0 Å². The van der Waals surface area contributed by atoms with Crippen molar-refractivity contribution < 1.29 is 56.8 Å². The highest BCUT2D eigenvalue weighted by atomic mass is 32.2. The average molecular weight is 903 g/mol. The Bertz CT molecular complexity index is 1240. The minimum Gasteiger partial charge on any atom is -0.462 e. The monoisotopic (exact) mass is 903 g/mol. The minimum atomic E-state index is -4.60. The first-order valence-corrected chi connectivity index (χ1v) is 26.5. The maximum Gasteiger partial charge on any atom is 0.306 e. The Labute approximate surface area is 377 Å². The van der Waals surface area contributed by atoms with Crippen molar-refractivity contribution in [2.24, 2.45) is 0 Å². The van der Waals surface area contributed by atoms with Gasteiger partial charge >= 0.3 is 11.9 Å². The van der Waals surface area contributed by atoms with E-state index in [4.69, 9.17) is 18.9 Å². The summed E-state index contributed by atoms with van der Waals surface area (Å²) in [5.41, 5.74) is 0. The molecule has 1 saturated heterocycles. The van der Waals surface area contributed by atoms with E-state index in [2.05, 4.69) is 38.2 Å². The van der Waals surface area contributed by atoms with Crippen molar-refractivity contribution in [1.29, 1.82) is 0 Å². The molecule has 0 radical (unpaired) electrons. The molecule has 0 aliphatic carbocycles. The molecule has 1 heterocycles. The lowest BCUT2D eigenvalue weighted by Gasteiger charge is -2.40. The number of allylic oxidation sites excluding steroid dienone is 4. The van der Waals surface area contributed by atoms with Gasteiger partial charge in [0, 0.05) is 12.8 Å². The van der Waals surface area contributed by atoms with Crippen LogP contribution in [-0.4, -0.2) is 96.0 Å². The third-order valence-corrected chi connectivity index (χ3v) is 12.3. The second kappa shape index (κ2) is 39.5. The number of aliphatic hydroxyl groups is 3. The van der Waals surface area contributed by atoms with E-state index in [9.17, 15) is 37.9 Å². The van der Waals surface area contributed by atoms with E-state index in [1.54, 1.807) is 0 Å². The van der Waals surface area contributed by atoms with Gasteiger partial charge in [0.1, 0.15) is 36.8 Å². The zero-order valence-electron chi connectivity index (χ0n) is 39.0. The van der Waals surface area contributed by atoms with Crippen LogP contribution in [0.1, 0.15) is 219 Å². The molecule has 12 nitrogen and oxygen atoms in total. The molecule has 2 unspecified atom stereocenters. The summed E-state index contributed by atoms with van der Waals surface area (Å²) in [7, 11) is -4.60. The lowest BCUT2D eigenvalue weighted by molar-refractivity contribution is -0.297. The number of hydrogen-bond acceptors (Lipinski definition) is 11. The first-order valence-electron chi connectivity index (χ1n) is 24.9. The van der Waals surface area contributed by atoms with Crippen molar-refractivity contribution in [2.45, 2.75) is 256 Å². The second-order valence-corrected chi connectivity index (χ2v) is 19.0. The van der Waals surface area contributed by atoms with E-state index >= 15 is 0 Å². The molecule has 0 bridgehead atoms.